The highest BCUT2D eigenvalue weighted by atomic mass is 32.2. The minimum Gasteiger partial charge on any atom is -0.495 e. The topological polar surface area (TPSA) is 75.7 Å². The van der Waals surface area contributed by atoms with Crippen LogP contribution in [0, 0.1) is 12.7 Å². The summed E-state index contributed by atoms with van der Waals surface area (Å²) in [6.07, 6.45) is 0. The van der Waals surface area contributed by atoms with Gasteiger partial charge in [0.15, 0.2) is 0 Å². The van der Waals surface area contributed by atoms with Crippen molar-refractivity contribution in [3.05, 3.63) is 89.7 Å². The van der Waals surface area contributed by atoms with Crippen LogP contribution >= 0.6 is 0 Å². The van der Waals surface area contributed by atoms with E-state index in [0.29, 0.717) is 5.75 Å². The number of halogens is 1. The number of para-hydroxylation sites is 2. The first-order valence-corrected chi connectivity index (χ1v) is 11.0. The molecule has 1 N–H and O–H groups in total. The Hall–Kier alpha value is -3.39. The van der Waals surface area contributed by atoms with Crippen LogP contribution in [0.25, 0.3) is 0 Å². The highest BCUT2D eigenvalue weighted by Gasteiger charge is 2.29. The largest absolute Gasteiger partial charge is 0.495 e. The summed E-state index contributed by atoms with van der Waals surface area (Å²) in [5.74, 6) is -0.753. The van der Waals surface area contributed by atoms with Crippen molar-refractivity contribution in [1.82, 2.24) is 5.32 Å². The van der Waals surface area contributed by atoms with E-state index in [1.807, 2.05) is 31.2 Å². The number of aryl methyl sites for hydroxylation is 1. The third-order valence-electron chi connectivity index (χ3n) is 4.61. The average Bonchev–Trinajstić information content (AvgIpc) is 2.76. The fraction of sp³-hybridized carbons (Fsp3) is 0.174. The molecule has 6 nitrogen and oxygen atoms in total. The molecular formula is C23H23FN2O4S. The van der Waals surface area contributed by atoms with Gasteiger partial charge in [0.25, 0.3) is 10.0 Å². The van der Waals surface area contributed by atoms with Crippen molar-refractivity contribution in [1.29, 1.82) is 0 Å². The molecule has 0 saturated heterocycles. The molecule has 3 aromatic carbocycles. The van der Waals surface area contributed by atoms with Crippen molar-refractivity contribution in [3.63, 3.8) is 0 Å². The number of benzene rings is 3. The Morgan fingerprint density at radius 3 is 2.42 bits per heavy atom. The summed E-state index contributed by atoms with van der Waals surface area (Å²) in [6, 6.07) is 18.6. The third kappa shape index (κ3) is 5.40. The molecule has 0 fully saturated rings. The van der Waals surface area contributed by atoms with E-state index in [1.165, 1.54) is 7.11 Å². The summed E-state index contributed by atoms with van der Waals surface area (Å²) < 4.78 is 46.3. The molecule has 0 saturated carbocycles. The summed E-state index contributed by atoms with van der Waals surface area (Å²) in [7, 11) is -2.75. The van der Waals surface area contributed by atoms with Gasteiger partial charge in [-0.05, 0) is 48.9 Å². The first-order valence-electron chi connectivity index (χ1n) is 9.55. The molecule has 0 heterocycles. The summed E-state index contributed by atoms with van der Waals surface area (Å²) in [5, 5.41) is 2.75. The van der Waals surface area contributed by atoms with E-state index in [9.17, 15) is 17.6 Å². The number of carbonyl (C=O) groups is 1. The summed E-state index contributed by atoms with van der Waals surface area (Å²) in [6.45, 7) is 1.74. The Kier molecular flexibility index (Phi) is 6.91. The van der Waals surface area contributed by atoms with Crippen molar-refractivity contribution < 1.29 is 22.3 Å². The number of methoxy groups -OCH3 is 1. The first kappa shape index (κ1) is 22.3. The predicted octanol–water partition coefficient (Wildman–Crippen LogP) is 3.65. The third-order valence-corrected chi connectivity index (χ3v) is 6.39. The maximum Gasteiger partial charge on any atom is 0.264 e. The number of amides is 1. The fourth-order valence-electron chi connectivity index (χ4n) is 3.08. The molecule has 1 amide bonds. The van der Waals surface area contributed by atoms with Crippen LogP contribution in [-0.2, 0) is 21.4 Å². The number of carbonyl (C=O) groups excluding carboxylic acids is 1. The average molecular weight is 443 g/mol. The Morgan fingerprint density at radius 1 is 1.03 bits per heavy atom. The van der Waals surface area contributed by atoms with Gasteiger partial charge >= 0.3 is 0 Å². The maximum absolute atomic E-state index is 13.3. The smallest absolute Gasteiger partial charge is 0.264 e. The zero-order valence-corrected chi connectivity index (χ0v) is 18.0. The maximum atomic E-state index is 13.3. The van der Waals surface area contributed by atoms with E-state index in [1.54, 1.807) is 24.3 Å². The van der Waals surface area contributed by atoms with E-state index in [-0.39, 0.29) is 17.1 Å². The zero-order chi connectivity index (χ0) is 22.4. The van der Waals surface area contributed by atoms with E-state index in [2.05, 4.69) is 5.32 Å². The van der Waals surface area contributed by atoms with Gasteiger partial charge in [-0.3, -0.25) is 9.10 Å². The number of ether oxygens (including phenoxy) is 1. The number of anilines is 1. The lowest BCUT2D eigenvalue weighted by Crippen LogP contribution is -2.40. The second kappa shape index (κ2) is 9.61. The molecule has 0 atom stereocenters. The predicted molar refractivity (Wildman–Crippen MR) is 117 cm³/mol. The van der Waals surface area contributed by atoms with Gasteiger partial charge in [0.1, 0.15) is 18.1 Å². The Bertz CT molecular complexity index is 1160. The summed E-state index contributed by atoms with van der Waals surface area (Å²) in [5.41, 5.74) is 2.17. The van der Waals surface area contributed by atoms with Crippen LogP contribution in [0.2, 0.25) is 0 Å². The van der Waals surface area contributed by atoms with Crippen LogP contribution in [0.15, 0.2) is 77.7 Å². The first-order chi connectivity index (χ1) is 14.8. The monoisotopic (exact) mass is 442 g/mol. The van der Waals surface area contributed by atoms with Crippen molar-refractivity contribution in [2.75, 3.05) is 18.0 Å². The second-order valence-electron chi connectivity index (χ2n) is 6.90. The molecule has 162 valence electrons. The molecule has 0 aliphatic heterocycles. The van der Waals surface area contributed by atoms with Crippen LogP contribution in [0.3, 0.4) is 0 Å². The lowest BCUT2D eigenvalue weighted by Gasteiger charge is -2.25. The van der Waals surface area contributed by atoms with Gasteiger partial charge in [-0.25, -0.2) is 12.8 Å². The molecule has 0 aliphatic carbocycles. The number of nitrogens with zero attached hydrogens (tertiary/aromatic N) is 1. The van der Waals surface area contributed by atoms with Crippen molar-refractivity contribution >= 4 is 21.6 Å². The lowest BCUT2D eigenvalue weighted by atomic mass is 10.1. The van der Waals surface area contributed by atoms with Crippen molar-refractivity contribution in [2.24, 2.45) is 0 Å². The van der Waals surface area contributed by atoms with Gasteiger partial charge in [0.05, 0.1) is 17.7 Å². The number of nitrogens with one attached hydrogen (secondary N) is 1. The number of hydrogen-bond donors (Lipinski definition) is 1. The highest BCUT2D eigenvalue weighted by molar-refractivity contribution is 7.92. The molecule has 0 unspecified atom stereocenters. The SMILES string of the molecule is COc1ccccc1N(CC(=O)NCc1cccc(C)c1)S(=O)(=O)c1ccc(F)cc1. The molecule has 0 bridgehead atoms. The number of sulfonamides is 1. The molecule has 31 heavy (non-hydrogen) atoms. The Morgan fingerprint density at radius 2 is 1.74 bits per heavy atom. The molecule has 0 aromatic heterocycles. The van der Waals surface area contributed by atoms with Crippen LogP contribution in [0.4, 0.5) is 10.1 Å². The van der Waals surface area contributed by atoms with Gasteiger partial charge in [0.2, 0.25) is 5.91 Å². The minimum atomic E-state index is -4.16. The second-order valence-corrected chi connectivity index (χ2v) is 8.77. The molecule has 0 spiro atoms. The van der Waals surface area contributed by atoms with Gasteiger partial charge < -0.3 is 10.1 Å². The quantitative estimate of drug-likeness (QED) is 0.578. The van der Waals surface area contributed by atoms with Crippen molar-refractivity contribution in [3.8, 4) is 5.75 Å². The van der Waals surface area contributed by atoms with E-state index in [4.69, 9.17) is 4.74 Å². The van der Waals surface area contributed by atoms with Crippen LogP contribution in [-0.4, -0.2) is 28.0 Å². The minimum absolute atomic E-state index is 0.133. The lowest BCUT2D eigenvalue weighted by molar-refractivity contribution is -0.119. The van der Waals surface area contributed by atoms with Crippen LogP contribution < -0.4 is 14.4 Å². The summed E-state index contributed by atoms with van der Waals surface area (Å²) in [4.78, 5) is 12.6. The van der Waals surface area contributed by atoms with Gasteiger partial charge in [-0.1, -0.05) is 42.0 Å². The molecular weight excluding hydrogens is 419 g/mol. The molecule has 0 aliphatic rings. The summed E-state index contributed by atoms with van der Waals surface area (Å²) >= 11 is 0. The van der Waals surface area contributed by atoms with Crippen molar-refractivity contribution in [2.45, 2.75) is 18.4 Å². The van der Waals surface area contributed by atoms with E-state index in [0.717, 1.165) is 39.7 Å². The molecule has 3 aromatic rings. The van der Waals surface area contributed by atoms with E-state index < -0.39 is 28.3 Å². The van der Waals surface area contributed by atoms with E-state index >= 15 is 0 Å². The zero-order valence-electron chi connectivity index (χ0n) is 17.2. The standard InChI is InChI=1S/C23H23FN2O4S/c1-17-6-5-7-18(14-17)15-25-23(27)16-26(21-8-3-4-9-22(21)30-2)31(28,29)20-12-10-19(24)11-13-20/h3-14H,15-16H2,1-2H3,(H,25,27). The van der Waals surface area contributed by atoms with Gasteiger partial charge in [-0.2, -0.15) is 0 Å². The van der Waals surface area contributed by atoms with Crippen LogP contribution in [0.1, 0.15) is 11.1 Å². The molecule has 3 rings (SSSR count). The fourth-order valence-corrected chi connectivity index (χ4v) is 4.51. The number of rotatable bonds is 8. The molecule has 8 heteroatoms. The number of hydrogen-bond acceptors (Lipinski definition) is 4. The normalized spacial score (nSPS) is 11.1. The Labute approximate surface area is 181 Å². The molecule has 0 radical (unpaired) electrons. The highest BCUT2D eigenvalue weighted by Crippen LogP contribution is 2.32. The Balaban J connectivity index is 1.90. The van der Waals surface area contributed by atoms with Crippen LogP contribution in [0.5, 0.6) is 5.75 Å². The van der Waals surface area contributed by atoms with Gasteiger partial charge in [-0.15, -0.1) is 0 Å². The van der Waals surface area contributed by atoms with Gasteiger partial charge in [0, 0.05) is 6.54 Å².